The summed E-state index contributed by atoms with van der Waals surface area (Å²) < 4.78 is 23.0. The van der Waals surface area contributed by atoms with E-state index in [1.165, 1.54) is 0 Å². The first-order valence-electron chi connectivity index (χ1n) is 7.31. The summed E-state index contributed by atoms with van der Waals surface area (Å²) >= 11 is 0. The Bertz CT molecular complexity index is 363. The standard InChI is InChI=1S/C13H27N3O2S/c1-15-4-6-16(7-5-15)11-13(10-14)12-2-8-19(17,18)9-3-12/h12-13H,2-11,14H2,1H3. The van der Waals surface area contributed by atoms with Crippen LogP contribution >= 0.6 is 0 Å². The molecule has 0 aromatic carbocycles. The highest BCUT2D eigenvalue weighted by Gasteiger charge is 2.30. The van der Waals surface area contributed by atoms with Gasteiger partial charge in [-0.25, -0.2) is 8.42 Å². The van der Waals surface area contributed by atoms with E-state index in [1.807, 2.05) is 0 Å². The zero-order valence-corrected chi connectivity index (χ0v) is 12.7. The summed E-state index contributed by atoms with van der Waals surface area (Å²) in [5, 5.41) is 0. The molecule has 1 unspecified atom stereocenters. The Morgan fingerprint density at radius 1 is 1.16 bits per heavy atom. The molecule has 2 rings (SSSR count). The van der Waals surface area contributed by atoms with Crippen molar-refractivity contribution in [1.29, 1.82) is 0 Å². The molecule has 0 aromatic heterocycles. The highest BCUT2D eigenvalue weighted by Crippen LogP contribution is 2.26. The quantitative estimate of drug-likeness (QED) is 0.765. The summed E-state index contributed by atoms with van der Waals surface area (Å²) in [6.45, 7) is 6.18. The van der Waals surface area contributed by atoms with Crippen molar-refractivity contribution >= 4 is 9.84 Å². The summed E-state index contributed by atoms with van der Waals surface area (Å²) in [4.78, 5) is 4.84. The molecule has 0 aromatic rings. The third kappa shape index (κ3) is 4.41. The summed E-state index contributed by atoms with van der Waals surface area (Å²) in [6.07, 6.45) is 1.61. The molecule has 0 radical (unpaired) electrons. The number of nitrogens with zero attached hydrogens (tertiary/aromatic N) is 2. The lowest BCUT2D eigenvalue weighted by Crippen LogP contribution is -2.48. The number of rotatable bonds is 4. The molecule has 0 saturated carbocycles. The largest absolute Gasteiger partial charge is 0.330 e. The van der Waals surface area contributed by atoms with Gasteiger partial charge in [0.2, 0.25) is 0 Å². The maximum atomic E-state index is 11.5. The van der Waals surface area contributed by atoms with Crippen molar-refractivity contribution in [2.75, 3.05) is 57.8 Å². The van der Waals surface area contributed by atoms with Crippen molar-refractivity contribution in [3.8, 4) is 0 Å². The minimum atomic E-state index is -2.76. The summed E-state index contributed by atoms with van der Waals surface area (Å²) in [5.74, 6) is 1.67. The summed E-state index contributed by atoms with van der Waals surface area (Å²) in [5.41, 5.74) is 5.93. The van der Waals surface area contributed by atoms with Crippen molar-refractivity contribution in [2.24, 2.45) is 17.6 Å². The average molecular weight is 289 g/mol. The van der Waals surface area contributed by atoms with E-state index in [0.717, 1.165) is 45.6 Å². The molecular formula is C13H27N3O2S. The van der Waals surface area contributed by atoms with Gasteiger partial charge in [-0.3, -0.25) is 0 Å². The Hall–Kier alpha value is -0.170. The van der Waals surface area contributed by atoms with Crippen molar-refractivity contribution in [3.63, 3.8) is 0 Å². The predicted molar refractivity (Wildman–Crippen MR) is 77.9 cm³/mol. The Kier molecular flexibility index (Phi) is 5.22. The first-order valence-corrected chi connectivity index (χ1v) is 9.13. The Labute approximate surface area is 117 Å². The van der Waals surface area contributed by atoms with E-state index in [0.29, 0.717) is 29.9 Å². The second kappa shape index (κ2) is 6.52. The smallest absolute Gasteiger partial charge is 0.150 e. The lowest BCUT2D eigenvalue weighted by Gasteiger charge is -2.37. The van der Waals surface area contributed by atoms with Gasteiger partial charge in [0.25, 0.3) is 0 Å². The molecule has 0 spiro atoms. The van der Waals surface area contributed by atoms with Crippen LogP contribution in [0.4, 0.5) is 0 Å². The SMILES string of the molecule is CN1CCN(CC(CN)C2CCS(=O)(=O)CC2)CC1. The van der Waals surface area contributed by atoms with Crippen LogP contribution in [-0.4, -0.2) is 76.0 Å². The minimum absolute atomic E-state index is 0.358. The van der Waals surface area contributed by atoms with Crippen LogP contribution in [0.2, 0.25) is 0 Å². The molecule has 0 aliphatic carbocycles. The molecule has 2 aliphatic heterocycles. The topological polar surface area (TPSA) is 66.6 Å². The molecule has 0 bridgehead atoms. The molecule has 0 amide bonds. The van der Waals surface area contributed by atoms with Crippen LogP contribution in [0.15, 0.2) is 0 Å². The van der Waals surface area contributed by atoms with Crippen LogP contribution in [-0.2, 0) is 9.84 Å². The van der Waals surface area contributed by atoms with Crippen LogP contribution in [0, 0.1) is 11.8 Å². The van der Waals surface area contributed by atoms with Gasteiger partial charge >= 0.3 is 0 Å². The van der Waals surface area contributed by atoms with E-state index in [1.54, 1.807) is 0 Å². The zero-order chi connectivity index (χ0) is 13.9. The molecule has 6 heteroatoms. The molecule has 2 heterocycles. The van der Waals surface area contributed by atoms with Crippen molar-refractivity contribution in [1.82, 2.24) is 9.80 Å². The molecule has 112 valence electrons. The predicted octanol–water partition coefficient (Wildman–Crippen LogP) is -0.366. The fourth-order valence-corrected chi connectivity index (χ4v) is 4.69. The maximum absolute atomic E-state index is 11.5. The van der Waals surface area contributed by atoms with E-state index < -0.39 is 9.84 Å². The van der Waals surface area contributed by atoms with Crippen LogP contribution in [0.3, 0.4) is 0 Å². The number of piperazine rings is 1. The van der Waals surface area contributed by atoms with Gasteiger partial charge in [0.1, 0.15) is 9.84 Å². The molecule has 1 atom stereocenters. The fourth-order valence-electron chi connectivity index (χ4n) is 3.16. The Morgan fingerprint density at radius 3 is 2.26 bits per heavy atom. The molecule has 2 aliphatic rings. The third-order valence-electron chi connectivity index (χ3n) is 4.66. The number of hydrogen-bond acceptors (Lipinski definition) is 5. The normalized spacial score (nSPS) is 28.3. The van der Waals surface area contributed by atoms with Gasteiger partial charge in [0, 0.05) is 32.7 Å². The lowest BCUT2D eigenvalue weighted by atomic mass is 9.87. The highest BCUT2D eigenvalue weighted by atomic mass is 32.2. The van der Waals surface area contributed by atoms with Gasteiger partial charge < -0.3 is 15.5 Å². The Morgan fingerprint density at radius 2 is 1.74 bits per heavy atom. The van der Waals surface area contributed by atoms with Crippen LogP contribution in [0.1, 0.15) is 12.8 Å². The van der Waals surface area contributed by atoms with E-state index in [2.05, 4.69) is 16.8 Å². The van der Waals surface area contributed by atoms with E-state index in [4.69, 9.17) is 5.73 Å². The van der Waals surface area contributed by atoms with Gasteiger partial charge in [-0.05, 0) is 38.3 Å². The molecule has 2 saturated heterocycles. The second-order valence-electron chi connectivity index (χ2n) is 6.09. The van der Waals surface area contributed by atoms with Crippen LogP contribution < -0.4 is 5.73 Å². The highest BCUT2D eigenvalue weighted by molar-refractivity contribution is 7.91. The lowest BCUT2D eigenvalue weighted by molar-refractivity contribution is 0.119. The van der Waals surface area contributed by atoms with Crippen molar-refractivity contribution in [3.05, 3.63) is 0 Å². The fraction of sp³-hybridized carbons (Fsp3) is 1.00. The van der Waals surface area contributed by atoms with E-state index in [-0.39, 0.29) is 0 Å². The van der Waals surface area contributed by atoms with E-state index in [9.17, 15) is 8.42 Å². The minimum Gasteiger partial charge on any atom is -0.330 e. The van der Waals surface area contributed by atoms with Gasteiger partial charge in [-0.1, -0.05) is 0 Å². The first-order chi connectivity index (χ1) is 9.00. The number of sulfone groups is 1. The molecule has 2 fully saturated rings. The molecule has 2 N–H and O–H groups in total. The molecular weight excluding hydrogens is 262 g/mol. The van der Waals surface area contributed by atoms with Crippen molar-refractivity contribution < 1.29 is 8.42 Å². The van der Waals surface area contributed by atoms with Crippen molar-refractivity contribution in [2.45, 2.75) is 12.8 Å². The molecule has 19 heavy (non-hydrogen) atoms. The monoisotopic (exact) mass is 289 g/mol. The molecule has 5 nitrogen and oxygen atoms in total. The number of hydrogen-bond donors (Lipinski definition) is 1. The summed E-state index contributed by atoms with van der Waals surface area (Å²) in [7, 11) is -0.602. The van der Waals surface area contributed by atoms with Gasteiger partial charge in [0.05, 0.1) is 11.5 Å². The number of likely N-dealkylation sites (N-methyl/N-ethyl adjacent to an activating group) is 1. The number of nitrogens with two attached hydrogens (primary N) is 1. The Balaban J connectivity index is 1.83. The first kappa shape index (κ1) is 15.2. The maximum Gasteiger partial charge on any atom is 0.150 e. The van der Waals surface area contributed by atoms with Gasteiger partial charge in [-0.15, -0.1) is 0 Å². The average Bonchev–Trinajstić information content (AvgIpc) is 2.39. The van der Waals surface area contributed by atoms with Gasteiger partial charge in [-0.2, -0.15) is 0 Å². The second-order valence-corrected chi connectivity index (χ2v) is 8.39. The van der Waals surface area contributed by atoms with Crippen LogP contribution in [0.25, 0.3) is 0 Å². The summed E-state index contributed by atoms with van der Waals surface area (Å²) in [6, 6.07) is 0. The zero-order valence-electron chi connectivity index (χ0n) is 11.9. The third-order valence-corrected chi connectivity index (χ3v) is 6.37. The van der Waals surface area contributed by atoms with E-state index >= 15 is 0 Å². The van der Waals surface area contributed by atoms with Gasteiger partial charge in [0.15, 0.2) is 0 Å². The van der Waals surface area contributed by atoms with Crippen LogP contribution in [0.5, 0.6) is 0 Å².